The predicted molar refractivity (Wildman–Crippen MR) is 113 cm³/mol. The summed E-state index contributed by atoms with van der Waals surface area (Å²) in [5.41, 5.74) is 1.37. The molecule has 0 fully saturated rings. The minimum Gasteiger partial charge on any atom is -0.493 e. The van der Waals surface area contributed by atoms with Gasteiger partial charge in [0.15, 0.2) is 0 Å². The van der Waals surface area contributed by atoms with Crippen LogP contribution in [0.1, 0.15) is 43.1 Å². The van der Waals surface area contributed by atoms with Gasteiger partial charge in [-0.15, -0.1) is 5.92 Å². The van der Waals surface area contributed by atoms with Crippen molar-refractivity contribution in [2.24, 2.45) is 5.92 Å². The minimum absolute atomic E-state index is 0.385. The quantitative estimate of drug-likeness (QED) is 0.309. The standard InChI is InChI=1S/C25H24O3/c1-4-6-19-7-9-20(10-8-19)25(26)28-24-14-12-21-15-23(13-11-22(21)16-24)27-17-18(3)5-2/h7-16,18H,5,17H2,1-3H3. The van der Waals surface area contributed by atoms with Gasteiger partial charge in [-0.3, -0.25) is 0 Å². The summed E-state index contributed by atoms with van der Waals surface area (Å²) in [6.45, 7) is 6.82. The number of ether oxygens (including phenoxy) is 2. The molecule has 3 aromatic rings. The molecule has 0 N–H and O–H groups in total. The highest BCUT2D eigenvalue weighted by atomic mass is 16.5. The molecule has 0 amide bonds. The summed E-state index contributed by atoms with van der Waals surface area (Å²) < 4.78 is 11.4. The van der Waals surface area contributed by atoms with Gasteiger partial charge in [0.05, 0.1) is 12.2 Å². The van der Waals surface area contributed by atoms with Crippen LogP contribution in [0.4, 0.5) is 0 Å². The van der Waals surface area contributed by atoms with Crippen molar-refractivity contribution < 1.29 is 14.3 Å². The van der Waals surface area contributed by atoms with Crippen LogP contribution in [0, 0.1) is 17.8 Å². The zero-order valence-electron chi connectivity index (χ0n) is 16.5. The highest BCUT2D eigenvalue weighted by molar-refractivity contribution is 5.92. The Labute approximate surface area is 166 Å². The summed E-state index contributed by atoms with van der Waals surface area (Å²) in [6, 6.07) is 18.6. The van der Waals surface area contributed by atoms with Crippen LogP contribution in [0.25, 0.3) is 10.8 Å². The Bertz CT molecular complexity index is 1020. The van der Waals surface area contributed by atoms with Gasteiger partial charge >= 0.3 is 5.97 Å². The zero-order chi connectivity index (χ0) is 19.9. The van der Waals surface area contributed by atoms with Crippen molar-refractivity contribution in [2.45, 2.75) is 27.2 Å². The molecule has 3 aromatic carbocycles. The van der Waals surface area contributed by atoms with E-state index in [0.29, 0.717) is 23.8 Å². The summed E-state index contributed by atoms with van der Waals surface area (Å²) in [6.07, 6.45) is 1.09. The second kappa shape index (κ2) is 9.10. The molecule has 0 saturated heterocycles. The third-order valence-electron chi connectivity index (χ3n) is 4.62. The van der Waals surface area contributed by atoms with E-state index in [1.807, 2.05) is 42.5 Å². The lowest BCUT2D eigenvalue weighted by molar-refractivity contribution is 0.0735. The zero-order valence-corrected chi connectivity index (χ0v) is 16.5. The van der Waals surface area contributed by atoms with E-state index in [1.165, 1.54) is 0 Å². The summed E-state index contributed by atoms with van der Waals surface area (Å²) >= 11 is 0. The molecule has 1 atom stereocenters. The van der Waals surface area contributed by atoms with E-state index in [9.17, 15) is 4.79 Å². The lowest BCUT2D eigenvalue weighted by Gasteiger charge is -2.12. The Kier molecular flexibility index (Phi) is 6.34. The van der Waals surface area contributed by atoms with Crippen molar-refractivity contribution in [3.05, 3.63) is 71.8 Å². The van der Waals surface area contributed by atoms with Crippen molar-refractivity contribution >= 4 is 16.7 Å². The number of hydrogen-bond acceptors (Lipinski definition) is 3. The number of carbonyl (C=O) groups is 1. The molecule has 0 aliphatic rings. The number of carbonyl (C=O) groups excluding carboxylic acids is 1. The van der Waals surface area contributed by atoms with Crippen molar-refractivity contribution in [1.82, 2.24) is 0 Å². The van der Waals surface area contributed by atoms with Crippen molar-refractivity contribution in [1.29, 1.82) is 0 Å². The molecular formula is C25H24O3. The van der Waals surface area contributed by atoms with E-state index in [-0.39, 0.29) is 5.97 Å². The molecule has 3 heteroatoms. The first-order valence-electron chi connectivity index (χ1n) is 9.50. The maximum absolute atomic E-state index is 12.4. The molecule has 0 heterocycles. The molecule has 3 rings (SSSR count). The molecule has 142 valence electrons. The Hall–Kier alpha value is -3.25. The monoisotopic (exact) mass is 372 g/mol. The topological polar surface area (TPSA) is 35.5 Å². The highest BCUT2D eigenvalue weighted by Gasteiger charge is 2.09. The molecule has 0 aliphatic carbocycles. The van der Waals surface area contributed by atoms with E-state index in [2.05, 4.69) is 25.7 Å². The van der Waals surface area contributed by atoms with E-state index in [4.69, 9.17) is 9.47 Å². The Morgan fingerprint density at radius 3 is 2.25 bits per heavy atom. The van der Waals surface area contributed by atoms with Crippen LogP contribution < -0.4 is 9.47 Å². The normalized spacial score (nSPS) is 11.4. The number of fused-ring (bicyclic) bond motifs is 1. The maximum Gasteiger partial charge on any atom is 0.343 e. The molecule has 0 aliphatic heterocycles. The number of benzene rings is 3. The molecule has 0 saturated carbocycles. The second-order valence-electron chi connectivity index (χ2n) is 6.84. The average Bonchev–Trinajstić information content (AvgIpc) is 2.72. The fraction of sp³-hybridized carbons (Fsp3) is 0.240. The Morgan fingerprint density at radius 2 is 1.61 bits per heavy atom. The second-order valence-corrected chi connectivity index (χ2v) is 6.84. The molecule has 0 radical (unpaired) electrons. The van der Waals surface area contributed by atoms with Gasteiger partial charge < -0.3 is 9.47 Å². The minimum atomic E-state index is -0.385. The first-order valence-corrected chi connectivity index (χ1v) is 9.50. The largest absolute Gasteiger partial charge is 0.493 e. The maximum atomic E-state index is 12.4. The van der Waals surface area contributed by atoms with E-state index in [1.54, 1.807) is 25.1 Å². The van der Waals surface area contributed by atoms with Gasteiger partial charge in [-0.1, -0.05) is 38.3 Å². The number of hydrogen-bond donors (Lipinski definition) is 0. The average molecular weight is 372 g/mol. The first-order chi connectivity index (χ1) is 13.6. The van der Waals surface area contributed by atoms with Crippen LogP contribution in [-0.4, -0.2) is 12.6 Å². The third kappa shape index (κ3) is 4.92. The number of rotatable bonds is 6. The van der Waals surface area contributed by atoms with E-state index >= 15 is 0 Å². The Morgan fingerprint density at radius 1 is 0.964 bits per heavy atom. The number of esters is 1. The molecule has 1 unspecified atom stereocenters. The van der Waals surface area contributed by atoms with Gasteiger partial charge in [-0.2, -0.15) is 0 Å². The molecule has 28 heavy (non-hydrogen) atoms. The SMILES string of the molecule is CC#Cc1ccc(C(=O)Oc2ccc3cc(OCC(C)CC)ccc3c2)cc1. The van der Waals surface area contributed by atoms with Crippen molar-refractivity contribution in [3.63, 3.8) is 0 Å². The Balaban J connectivity index is 1.71. The smallest absolute Gasteiger partial charge is 0.343 e. The summed E-state index contributed by atoms with van der Waals surface area (Å²) in [5.74, 6) is 7.30. The summed E-state index contributed by atoms with van der Waals surface area (Å²) in [4.78, 5) is 12.4. The molecule has 0 aromatic heterocycles. The molecule has 0 bridgehead atoms. The lowest BCUT2D eigenvalue weighted by atomic mass is 10.1. The van der Waals surface area contributed by atoms with Crippen LogP contribution in [0.2, 0.25) is 0 Å². The van der Waals surface area contributed by atoms with Gasteiger partial charge in [-0.25, -0.2) is 4.79 Å². The highest BCUT2D eigenvalue weighted by Crippen LogP contribution is 2.26. The van der Waals surface area contributed by atoms with Crippen LogP contribution in [-0.2, 0) is 0 Å². The van der Waals surface area contributed by atoms with Crippen LogP contribution in [0.15, 0.2) is 60.7 Å². The van der Waals surface area contributed by atoms with Crippen LogP contribution in [0.3, 0.4) is 0 Å². The summed E-state index contributed by atoms with van der Waals surface area (Å²) in [5, 5.41) is 2.04. The predicted octanol–water partition coefficient (Wildman–Crippen LogP) is 5.86. The molecule has 0 spiro atoms. The fourth-order valence-electron chi connectivity index (χ4n) is 2.71. The third-order valence-corrected chi connectivity index (χ3v) is 4.62. The molecular weight excluding hydrogens is 348 g/mol. The lowest BCUT2D eigenvalue weighted by Crippen LogP contribution is -2.08. The van der Waals surface area contributed by atoms with Crippen molar-refractivity contribution in [2.75, 3.05) is 6.61 Å². The van der Waals surface area contributed by atoms with E-state index < -0.39 is 0 Å². The van der Waals surface area contributed by atoms with Crippen molar-refractivity contribution in [3.8, 4) is 23.3 Å². The van der Waals surface area contributed by atoms with E-state index in [0.717, 1.165) is 28.5 Å². The van der Waals surface area contributed by atoms with Gasteiger partial charge in [0.25, 0.3) is 0 Å². The summed E-state index contributed by atoms with van der Waals surface area (Å²) in [7, 11) is 0. The fourth-order valence-corrected chi connectivity index (χ4v) is 2.71. The van der Waals surface area contributed by atoms with Gasteiger partial charge in [-0.05, 0) is 72.1 Å². The van der Waals surface area contributed by atoms with Gasteiger partial charge in [0.1, 0.15) is 11.5 Å². The molecule has 3 nitrogen and oxygen atoms in total. The van der Waals surface area contributed by atoms with Crippen LogP contribution in [0.5, 0.6) is 11.5 Å². The van der Waals surface area contributed by atoms with Gasteiger partial charge in [0.2, 0.25) is 0 Å². The first kappa shape index (κ1) is 19.5. The van der Waals surface area contributed by atoms with Crippen LogP contribution >= 0.6 is 0 Å². The van der Waals surface area contributed by atoms with Gasteiger partial charge in [0, 0.05) is 5.56 Å².